The van der Waals surface area contributed by atoms with Crippen molar-refractivity contribution >= 4 is 22.6 Å². The summed E-state index contributed by atoms with van der Waals surface area (Å²) in [6.45, 7) is 7.62. The highest BCUT2D eigenvalue weighted by Crippen LogP contribution is 2.24. The number of benzene rings is 2. The number of nitrogens with zero attached hydrogens (tertiary/aromatic N) is 5. The summed E-state index contributed by atoms with van der Waals surface area (Å²) in [6, 6.07) is 13.5. The second kappa shape index (κ2) is 8.75. The van der Waals surface area contributed by atoms with E-state index in [0.717, 1.165) is 44.9 Å². The number of imidazole rings is 1. The Bertz CT molecular complexity index is 1550. The highest BCUT2D eigenvalue weighted by Gasteiger charge is 2.18. The van der Waals surface area contributed by atoms with Gasteiger partial charge in [-0.05, 0) is 76.2 Å². The van der Waals surface area contributed by atoms with Gasteiger partial charge in [-0.15, -0.1) is 0 Å². The first-order valence-corrected chi connectivity index (χ1v) is 11.2. The Morgan fingerprint density at radius 1 is 0.971 bits per heavy atom. The monoisotopic (exact) mass is 469 g/mol. The number of fused-ring (bicyclic) bond motifs is 1. The van der Waals surface area contributed by atoms with Crippen molar-refractivity contribution in [3.8, 4) is 17.3 Å². The summed E-state index contributed by atoms with van der Waals surface area (Å²) in [5, 5.41) is 7.53. The molecule has 2 aromatic carbocycles. The Morgan fingerprint density at radius 2 is 1.69 bits per heavy atom. The van der Waals surface area contributed by atoms with E-state index < -0.39 is 0 Å². The van der Waals surface area contributed by atoms with E-state index in [-0.39, 0.29) is 18.1 Å². The van der Waals surface area contributed by atoms with E-state index in [9.17, 15) is 9.18 Å². The fourth-order valence-electron chi connectivity index (χ4n) is 4.13. The van der Waals surface area contributed by atoms with Crippen LogP contribution in [0.15, 0.2) is 48.5 Å². The fourth-order valence-corrected chi connectivity index (χ4v) is 4.13. The molecule has 2 N–H and O–H groups in total. The molecule has 0 atom stereocenters. The summed E-state index contributed by atoms with van der Waals surface area (Å²) in [5.74, 6) is 0.675. The minimum absolute atomic E-state index is 0.158. The maximum atomic E-state index is 13.2. The molecule has 176 valence electrons. The van der Waals surface area contributed by atoms with Crippen LogP contribution < -0.4 is 5.32 Å². The first-order chi connectivity index (χ1) is 16.8. The van der Waals surface area contributed by atoms with Crippen molar-refractivity contribution in [1.82, 2.24) is 29.7 Å². The number of anilines is 1. The quantitative estimate of drug-likeness (QED) is 0.386. The summed E-state index contributed by atoms with van der Waals surface area (Å²) >= 11 is 0. The molecule has 0 aliphatic rings. The standard InChI is InChI=1S/C26H24FN7O/c1-14-11-15(2)29-26(28-14)34-17(4)21(16(3)33-34)13-24(35)30-20-9-10-22-23(12-20)32-25(31-22)18-5-7-19(27)8-6-18/h5-12H,13H2,1-4H3,(H,30,35)(H,31,32). The Hall–Kier alpha value is -4.40. The number of carbonyl (C=O) groups is 1. The van der Waals surface area contributed by atoms with Crippen LogP contribution in [0, 0.1) is 33.5 Å². The lowest BCUT2D eigenvalue weighted by molar-refractivity contribution is -0.115. The van der Waals surface area contributed by atoms with E-state index in [4.69, 9.17) is 0 Å². The van der Waals surface area contributed by atoms with Crippen molar-refractivity contribution in [2.75, 3.05) is 5.32 Å². The Kier molecular flexibility index (Phi) is 5.60. The fraction of sp³-hybridized carbons (Fsp3) is 0.192. The van der Waals surface area contributed by atoms with Gasteiger partial charge in [-0.25, -0.2) is 24.0 Å². The van der Waals surface area contributed by atoms with Crippen molar-refractivity contribution in [2.24, 2.45) is 0 Å². The number of carbonyl (C=O) groups excluding carboxylic acids is 1. The second-order valence-electron chi connectivity index (χ2n) is 8.56. The molecule has 0 aliphatic heterocycles. The lowest BCUT2D eigenvalue weighted by Crippen LogP contribution is -2.15. The molecule has 0 bridgehead atoms. The van der Waals surface area contributed by atoms with Gasteiger partial charge >= 0.3 is 0 Å². The SMILES string of the molecule is Cc1cc(C)nc(-n2nc(C)c(CC(=O)Nc3ccc4nc(-c5ccc(F)cc5)[nH]c4c3)c2C)n1. The van der Waals surface area contributed by atoms with Gasteiger partial charge in [-0.1, -0.05) is 0 Å². The molecule has 35 heavy (non-hydrogen) atoms. The number of hydrogen-bond donors (Lipinski definition) is 2. The van der Waals surface area contributed by atoms with Crippen molar-refractivity contribution < 1.29 is 9.18 Å². The van der Waals surface area contributed by atoms with Gasteiger partial charge in [0.05, 0.1) is 23.1 Å². The van der Waals surface area contributed by atoms with Gasteiger partial charge in [0.15, 0.2) is 0 Å². The highest BCUT2D eigenvalue weighted by atomic mass is 19.1. The average Bonchev–Trinajstić information content (AvgIpc) is 3.35. The zero-order valence-corrected chi connectivity index (χ0v) is 19.8. The number of aromatic nitrogens is 6. The van der Waals surface area contributed by atoms with E-state index in [1.54, 1.807) is 16.8 Å². The van der Waals surface area contributed by atoms with Gasteiger partial charge in [-0.2, -0.15) is 5.10 Å². The van der Waals surface area contributed by atoms with Crippen LogP contribution in [-0.2, 0) is 11.2 Å². The molecule has 0 radical (unpaired) electrons. The largest absolute Gasteiger partial charge is 0.338 e. The van der Waals surface area contributed by atoms with Crippen molar-refractivity contribution in [3.05, 3.63) is 82.7 Å². The number of hydrogen-bond acceptors (Lipinski definition) is 5. The third-order valence-electron chi connectivity index (χ3n) is 5.82. The Balaban J connectivity index is 1.35. The van der Waals surface area contributed by atoms with Crippen LogP contribution >= 0.6 is 0 Å². The van der Waals surface area contributed by atoms with Crippen LogP contribution in [0.25, 0.3) is 28.4 Å². The third-order valence-corrected chi connectivity index (χ3v) is 5.82. The van der Waals surface area contributed by atoms with E-state index in [2.05, 4.69) is 30.4 Å². The normalized spacial score (nSPS) is 11.2. The van der Waals surface area contributed by atoms with Crippen molar-refractivity contribution in [3.63, 3.8) is 0 Å². The summed E-state index contributed by atoms with van der Waals surface area (Å²) in [6.07, 6.45) is 0.171. The number of aryl methyl sites for hydroxylation is 3. The smallest absolute Gasteiger partial charge is 0.251 e. The highest BCUT2D eigenvalue weighted by molar-refractivity contribution is 5.94. The predicted molar refractivity (Wildman–Crippen MR) is 132 cm³/mol. The van der Waals surface area contributed by atoms with E-state index >= 15 is 0 Å². The molecular weight excluding hydrogens is 445 g/mol. The number of rotatable bonds is 5. The molecule has 1 amide bonds. The van der Waals surface area contributed by atoms with E-state index in [1.165, 1.54) is 12.1 Å². The maximum absolute atomic E-state index is 13.2. The van der Waals surface area contributed by atoms with Crippen molar-refractivity contribution in [2.45, 2.75) is 34.1 Å². The topological polar surface area (TPSA) is 101 Å². The van der Waals surface area contributed by atoms with Gasteiger partial charge in [-0.3, -0.25) is 4.79 Å². The molecule has 0 fully saturated rings. The molecule has 0 saturated carbocycles. The third kappa shape index (κ3) is 4.52. The van der Waals surface area contributed by atoms with E-state index in [1.807, 2.05) is 52.0 Å². The van der Waals surface area contributed by atoms with Crippen LogP contribution in [-0.4, -0.2) is 35.6 Å². The van der Waals surface area contributed by atoms with Gasteiger partial charge in [0.2, 0.25) is 5.91 Å². The molecule has 5 rings (SSSR count). The van der Waals surface area contributed by atoms with Gasteiger partial charge in [0, 0.05) is 33.9 Å². The van der Waals surface area contributed by atoms with Crippen LogP contribution in [0.3, 0.4) is 0 Å². The molecule has 0 saturated heterocycles. The van der Waals surface area contributed by atoms with Gasteiger partial charge in [0.25, 0.3) is 5.95 Å². The van der Waals surface area contributed by atoms with Gasteiger partial charge < -0.3 is 10.3 Å². The number of aromatic amines is 1. The lowest BCUT2D eigenvalue weighted by atomic mass is 10.1. The van der Waals surface area contributed by atoms with Crippen LogP contribution in [0.4, 0.5) is 10.1 Å². The van der Waals surface area contributed by atoms with E-state index in [0.29, 0.717) is 17.5 Å². The minimum Gasteiger partial charge on any atom is -0.338 e. The molecule has 3 aromatic heterocycles. The zero-order valence-electron chi connectivity index (χ0n) is 19.8. The maximum Gasteiger partial charge on any atom is 0.251 e. The molecule has 0 spiro atoms. The zero-order chi connectivity index (χ0) is 24.7. The molecule has 5 aromatic rings. The van der Waals surface area contributed by atoms with Crippen LogP contribution in [0.2, 0.25) is 0 Å². The Morgan fingerprint density at radius 3 is 2.40 bits per heavy atom. The number of H-pyrrole nitrogens is 1. The molecule has 9 heteroatoms. The van der Waals surface area contributed by atoms with Crippen molar-refractivity contribution in [1.29, 1.82) is 0 Å². The predicted octanol–water partition coefficient (Wildman–Crippen LogP) is 4.76. The summed E-state index contributed by atoms with van der Waals surface area (Å²) in [5.41, 5.74) is 7.10. The lowest BCUT2D eigenvalue weighted by Gasteiger charge is -2.07. The molecule has 3 heterocycles. The van der Waals surface area contributed by atoms with Crippen LogP contribution in [0.5, 0.6) is 0 Å². The molecule has 0 unspecified atom stereocenters. The number of amides is 1. The Labute approximate surface area is 201 Å². The molecule has 8 nitrogen and oxygen atoms in total. The average molecular weight is 470 g/mol. The molecular formula is C26H24FN7O. The first-order valence-electron chi connectivity index (χ1n) is 11.2. The minimum atomic E-state index is -0.299. The summed E-state index contributed by atoms with van der Waals surface area (Å²) < 4.78 is 14.9. The van der Waals surface area contributed by atoms with Gasteiger partial charge in [0.1, 0.15) is 11.6 Å². The second-order valence-corrected chi connectivity index (χ2v) is 8.56. The summed E-state index contributed by atoms with van der Waals surface area (Å²) in [7, 11) is 0. The van der Waals surface area contributed by atoms with Crippen LogP contribution in [0.1, 0.15) is 28.3 Å². The first kappa shape index (κ1) is 22.4. The number of halogens is 1. The summed E-state index contributed by atoms with van der Waals surface area (Å²) in [4.78, 5) is 29.6. The number of nitrogens with one attached hydrogen (secondary N) is 2. The molecule has 0 aliphatic carbocycles.